The van der Waals surface area contributed by atoms with Crippen LogP contribution in [0.2, 0.25) is 5.15 Å². The highest BCUT2D eigenvalue weighted by Crippen LogP contribution is 2.32. The molecule has 0 N–H and O–H groups in total. The highest BCUT2D eigenvalue weighted by atomic mass is 35.5. The second-order valence-corrected chi connectivity index (χ2v) is 5.03. The minimum atomic E-state index is -0.534. The van der Waals surface area contributed by atoms with E-state index in [1.54, 1.807) is 0 Å². The van der Waals surface area contributed by atoms with Crippen LogP contribution in [0.4, 0.5) is 11.5 Å². The molecule has 1 aliphatic rings. The lowest BCUT2D eigenvalue weighted by Crippen LogP contribution is -2.40. The van der Waals surface area contributed by atoms with Crippen molar-refractivity contribution >= 4 is 23.1 Å². The van der Waals surface area contributed by atoms with Crippen molar-refractivity contribution in [1.29, 1.82) is 0 Å². The Morgan fingerprint density at radius 1 is 1.60 bits per heavy atom. The molecule has 2 rings (SSSR count). The van der Waals surface area contributed by atoms with Gasteiger partial charge in [0.25, 0.3) is 0 Å². The third kappa shape index (κ3) is 3.34. The molecule has 110 valence electrons. The summed E-state index contributed by atoms with van der Waals surface area (Å²) in [7, 11) is 0. The molecular formula is C12H17ClN4O3. The van der Waals surface area contributed by atoms with E-state index in [9.17, 15) is 10.1 Å². The number of nitro groups is 1. The number of halogens is 1. The maximum atomic E-state index is 11.1. The quantitative estimate of drug-likeness (QED) is 0.472. The van der Waals surface area contributed by atoms with Gasteiger partial charge in [0.15, 0.2) is 0 Å². The second kappa shape index (κ2) is 6.81. The molecule has 0 saturated carbocycles. The molecule has 1 saturated heterocycles. The molecule has 0 spiro atoms. The van der Waals surface area contributed by atoms with Crippen LogP contribution >= 0.6 is 11.6 Å². The van der Waals surface area contributed by atoms with Crippen molar-refractivity contribution in [2.45, 2.75) is 32.3 Å². The summed E-state index contributed by atoms with van der Waals surface area (Å²) in [4.78, 5) is 20.2. The zero-order valence-corrected chi connectivity index (χ0v) is 12.0. The van der Waals surface area contributed by atoms with Gasteiger partial charge in [0.2, 0.25) is 11.0 Å². The molecule has 2 heterocycles. The summed E-state index contributed by atoms with van der Waals surface area (Å²) in [5.41, 5.74) is -0.231. The predicted molar refractivity (Wildman–Crippen MR) is 75.2 cm³/mol. The third-order valence-corrected chi connectivity index (χ3v) is 3.45. The Morgan fingerprint density at radius 3 is 3.10 bits per heavy atom. The SMILES string of the molecule is CCCOC1CCCN(c2ncnc(Cl)c2[N+](=O)[O-])C1. The monoisotopic (exact) mass is 300 g/mol. The number of hydrogen-bond acceptors (Lipinski definition) is 6. The molecule has 0 aromatic carbocycles. The maximum Gasteiger partial charge on any atom is 0.348 e. The van der Waals surface area contributed by atoms with Gasteiger partial charge in [-0.3, -0.25) is 10.1 Å². The Hall–Kier alpha value is -1.47. The average Bonchev–Trinajstić information content (AvgIpc) is 2.44. The fraction of sp³-hybridized carbons (Fsp3) is 0.667. The number of piperidine rings is 1. The molecule has 1 fully saturated rings. The molecule has 0 bridgehead atoms. The van der Waals surface area contributed by atoms with Gasteiger partial charge in [0, 0.05) is 19.7 Å². The Morgan fingerprint density at radius 2 is 2.40 bits per heavy atom. The first-order valence-corrected chi connectivity index (χ1v) is 7.02. The zero-order chi connectivity index (χ0) is 14.5. The highest BCUT2D eigenvalue weighted by molar-refractivity contribution is 6.31. The van der Waals surface area contributed by atoms with Crippen LogP contribution in [-0.2, 0) is 4.74 Å². The van der Waals surface area contributed by atoms with Crippen LogP contribution in [0, 0.1) is 10.1 Å². The summed E-state index contributed by atoms with van der Waals surface area (Å²) in [6, 6.07) is 0. The van der Waals surface area contributed by atoms with E-state index >= 15 is 0 Å². The van der Waals surface area contributed by atoms with Gasteiger partial charge < -0.3 is 9.64 Å². The van der Waals surface area contributed by atoms with Crippen molar-refractivity contribution in [3.8, 4) is 0 Å². The summed E-state index contributed by atoms with van der Waals surface area (Å²) in [5, 5.41) is 11.0. The van der Waals surface area contributed by atoms with Gasteiger partial charge in [-0.15, -0.1) is 0 Å². The van der Waals surface area contributed by atoms with Crippen molar-refractivity contribution in [3.05, 3.63) is 21.6 Å². The number of hydrogen-bond donors (Lipinski definition) is 0. The number of ether oxygens (including phenoxy) is 1. The Labute approximate surface area is 122 Å². The van der Waals surface area contributed by atoms with Gasteiger partial charge in [-0.05, 0) is 19.3 Å². The fourth-order valence-electron chi connectivity index (χ4n) is 2.29. The molecule has 1 atom stereocenters. The number of anilines is 1. The lowest BCUT2D eigenvalue weighted by atomic mass is 10.1. The molecule has 1 aromatic rings. The van der Waals surface area contributed by atoms with E-state index in [0.29, 0.717) is 19.7 Å². The molecular weight excluding hydrogens is 284 g/mol. The first-order valence-electron chi connectivity index (χ1n) is 6.65. The molecule has 0 amide bonds. The van der Waals surface area contributed by atoms with E-state index in [1.807, 2.05) is 4.90 Å². The van der Waals surface area contributed by atoms with Crippen LogP contribution in [0.25, 0.3) is 0 Å². The summed E-state index contributed by atoms with van der Waals surface area (Å²) in [6.07, 6.45) is 4.16. The van der Waals surface area contributed by atoms with Crippen LogP contribution in [0.15, 0.2) is 6.33 Å². The highest BCUT2D eigenvalue weighted by Gasteiger charge is 2.29. The van der Waals surface area contributed by atoms with Crippen LogP contribution < -0.4 is 4.90 Å². The van der Waals surface area contributed by atoms with Gasteiger partial charge in [-0.1, -0.05) is 18.5 Å². The van der Waals surface area contributed by atoms with Gasteiger partial charge in [0.05, 0.1) is 11.0 Å². The normalized spacial score (nSPS) is 19.1. The Kier molecular flexibility index (Phi) is 5.08. The third-order valence-electron chi connectivity index (χ3n) is 3.18. The lowest BCUT2D eigenvalue weighted by Gasteiger charge is -2.33. The van der Waals surface area contributed by atoms with Crippen LogP contribution in [0.5, 0.6) is 0 Å². The standard InChI is InChI=1S/C12H17ClN4O3/c1-2-6-20-9-4-3-5-16(7-9)12-10(17(18)19)11(13)14-8-15-12/h8-9H,2-7H2,1H3. The van der Waals surface area contributed by atoms with E-state index in [2.05, 4.69) is 16.9 Å². The van der Waals surface area contributed by atoms with Crippen molar-refractivity contribution < 1.29 is 9.66 Å². The summed E-state index contributed by atoms with van der Waals surface area (Å²) >= 11 is 5.81. The minimum Gasteiger partial charge on any atom is -0.376 e. The van der Waals surface area contributed by atoms with Crippen molar-refractivity contribution in [3.63, 3.8) is 0 Å². The van der Waals surface area contributed by atoms with Gasteiger partial charge in [0.1, 0.15) is 6.33 Å². The molecule has 1 unspecified atom stereocenters. The van der Waals surface area contributed by atoms with Crippen molar-refractivity contribution in [2.75, 3.05) is 24.6 Å². The summed E-state index contributed by atoms with van der Waals surface area (Å²) in [5.74, 6) is 0.278. The van der Waals surface area contributed by atoms with Crippen LogP contribution in [0.1, 0.15) is 26.2 Å². The molecule has 1 aromatic heterocycles. The number of rotatable bonds is 5. The van der Waals surface area contributed by atoms with E-state index < -0.39 is 4.92 Å². The van der Waals surface area contributed by atoms with Gasteiger partial charge in [-0.2, -0.15) is 0 Å². The van der Waals surface area contributed by atoms with Gasteiger partial charge in [-0.25, -0.2) is 9.97 Å². The molecule has 0 aliphatic carbocycles. The van der Waals surface area contributed by atoms with E-state index in [-0.39, 0.29) is 22.8 Å². The first-order chi connectivity index (χ1) is 9.63. The number of aromatic nitrogens is 2. The Balaban J connectivity index is 2.18. The number of nitrogens with zero attached hydrogens (tertiary/aromatic N) is 4. The molecule has 0 radical (unpaired) electrons. The van der Waals surface area contributed by atoms with Crippen molar-refractivity contribution in [1.82, 2.24) is 9.97 Å². The summed E-state index contributed by atoms with van der Waals surface area (Å²) < 4.78 is 5.73. The molecule has 7 nitrogen and oxygen atoms in total. The minimum absolute atomic E-state index is 0.0806. The van der Waals surface area contributed by atoms with Crippen LogP contribution in [-0.4, -0.2) is 40.7 Å². The Bertz CT molecular complexity index is 486. The van der Waals surface area contributed by atoms with Gasteiger partial charge >= 0.3 is 5.69 Å². The molecule has 8 heteroatoms. The zero-order valence-electron chi connectivity index (χ0n) is 11.3. The fourth-order valence-corrected chi connectivity index (χ4v) is 2.49. The van der Waals surface area contributed by atoms with Crippen molar-refractivity contribution in [2.24, 2.45) is 0 Å². The first kappa shape index (κ1) is 14.9. The topological polar surface area (TPSA) is 81.4 Å². The van der Waals surface area contributed by atoms with Crippen LogP contribution in [0.3, 0.4) is 0 Å². The predicted octanol–water partition coefficient (Wildman–Crippen LogP) is 2.43. The van der Waals surface area contributed by atoms with E-state index in [0.717, 1.165) is 19.3 Å². The largest absolute Gasteiger partial charge is 0.376 e. The maximum absolute atomic E-state index is 11.1. The molecule has 1 aliphatic heterocycles. The second-order valence-electron chi connectivity index (χ2n) is 4.67. The molecule has 20 heavy (non-hydrogen) atoms. The summed E-state index contributed by atoms with van der Waals surface area (Å²) in [6.45, 7) is 4.05. The van der Waals surface area contributed by atoms with E-state index in [4.69, 9.17) is 16.3 Å². The smallest absolute Gasteiger partial charge is 0.348 e. The van der Waals surface area contributed by atoms with E-state index in [1.165, 1.54) is 6.33 Å². The average molecular weight is 301 g/mol. The lowest BCUT2D eigenvalue weighted by molar-refractivity contribution is -0.384.